The van der Waals surface area contributed by atoms with E-state index >= 15 is 0 Å². The standard InChI is InChI=1S/C29H32FN3O2/c1-20-15-24(13-14-27(20)30)25-16-26(28(34)32-21(2)23-11-7-4-8-12-23)19-33(18-25)29(35)31-17-22-9-5-3-6-10-22/h3-15,21,25-26H,16-19H2,1-2H3,(H,31,35)(H,32,34). The van der Waals surface area contributed by atoms with Gasteiger partial charge in [-0.2, -0.15) is 0 Å². The zero-order valence-electron chi connectivity index (χ0n) is 20.2. The minimum Gasteiger partial charge on any atom is -0.349 e. The third kappa shape index (κ3) is 6.27. The number of amides is 3. The quantitative estimate of drug-likeness (QED) is 0.509. The highest BCUT2D eigenvalue weighted by Crippen LogP contribution is 2.32. The average Bonchev–Trinajstić information content (AvgIpc) is 2.89. The molecule has 1 aliphatic rings. The van der Waals surface area contributed by atoms with Gasteiger partial charge in [-0.3, -0.25) is 4.79 Å². The van der Waals surface area contributed by atoms with E-state index in [1.54, 1.807) is 17.9 Å². The van der Waals surface area contributed by atoms with Crippen LogP contribution in [-0.2, 0) is 11.3 Å². The van der Waals surface area contributed by atoms with E-state index in [2.05, 4.69) is 10.6 Å². The summed E-state index contributed by atoms with van der Waals surface area (Å²) < 4.78 is 13.9. The van der Waals surface area contributed by atoms with Crippen LogP contribution in [0.2, 0.25) is 0 Å². The van der Waals surface area contributed by atoms with Crippen molar-refractivity contribution >= 4 is 11.9 Å². The van der Waals surface area contributed by atoms with E-state index in [0.29, 0.717) is 31.6 Å². The Morgan fingerprint density at radius 3 is 2.37 bits per heavy atom. The van der Waals surface area contributed by atoms with E-state index in [4.69, 9.17) is 0 Å². The van der Waals surface area contributed by atoms with E-state index in [1.807, 2.05) is 73.7 Å². The number of nitrogens with one attached hydrogen (secondary N) is 2. The van der Waals surface area contributed by atoms with Crippen LogP contribution in [0, 0.1) is 18.7 Å². The van der Waals surface area contributed by atoms with E-state index < -0.39 is 0 Å². The van der Waals surface area contributed by atoms with Crippen molar-refractivity contribution in [1.29, 1.82) is 0 Å². The topological polar surface area (TPSA) is 61.4 Å². The molecule has 3 amide bonds. The number of hydrogen-bond donors (Lipinski definition) is 2. The van der Waals surface area contributed by atoms with Gasteiger partial charge in [0, 0.05) is 25.6 Å². The Morgan fingerprint density at radius 2 is 1.69 bits per heavy atom. The summed E-state index contributed by atoms with van der Waals surface area (Å²) in [5, 5.41) is 6.10. The first-order valence-electron chi connectivity index (χ1n) is 12.1. The summed E-state index contributed by atoms with van der Waals surface area (Å²) in [4.78, 5) is 28.1. The van der Waals surface area contributed by atoms with E-state index in [9.17, 15) is 14.0 Å². The molecular weight excluding hydrogens is 441 g/mol. The summed E-state index contributed by atoms with van der Waals surface area (Å²) in [6, 6.07) is 24.2. The van der Waals surface area contributed by atoms with Crippen molar-refractivity contribution in [3.8, 4) is 0 Å². The van der Waals surface area contributed by atoms with Crippen molar-refractivity contribution < 1.29 is 14.0 Å². The van der Waals surface area contributed by atoms with Crippen LogP contribution in [0.25, 0.3) is 0 Å². The molecule has 0 aromatic heterocycles. The second-order valence-electron chi connectivity index (χ2n) is 9.33. The Kier molecular flexibility index (Phi) is 7.80. The van der Waals surface area contributed by atoms with Crippen LogP contribution in [0.4, 0.5) is 9.18 Å². The molecule has 1 saturated heterocycles. The van der Waals surface area contributed by atoms with Gasteiger partial charge in [-0.15, -0.1) is 0 Å². The fraction of sp³-hybridized carbons (Fsp3) is 0.310. The number of urea groups is 1. The van der Waals surface area contributed by atoms with Crippen LogP contribution in [0.5, 0.6) is 0 Å². The van der Waals surface area contributed by atoms with Crippen LogP contribution >= 0.6 is 0 Å². The maximum absolute atomic E-state index is 13.9. The lowest BCUT2D eigenvalue weighted by Gasteiger charge is -2.38. The van der Waals surface area contributed by atoms with Gasteiger partial charge in [0.25, 0.3) is 0 Å². The molecule has 0 bridgehead atoms. The zero-order valence-corrected chi connectivity index (χ0v) is 20.2. The summed E-state index contributed by atoms with van der Waals surface area (Å²) in [5.41, 5.74) is 3.54. The smallest absolute Gasteiger partial charge is 0.317 e. The van der Waals surface area contributed by atoms with Gasteiger partial charge in [-0.1, -0.05) is 72.8 Å². The van der Waals surface area contributed by atoms with Crippen LogP contribution in [0.15, 0.2) is 78.9 Å². The molecule has 3 atom stereocenters. The summed E-state index contributed by atoms with van der Waals surface area (Å²) in [6.45, 7) is 4.92. The Bertz CT molecular complexity index is 1150. The lowest BCUT2D eigenvalue weighted by Crippen LogP contribution is -2.51. The number of hydrogen-bond acceptors (Lipinski definition) is 2. The minimum absolute atomic E-state index is 0.0618. The molecule has 2 N–H and O–H groups in total. The Morgan fingerprint density at radius 1 is 1.00 bits per heavy atom. The highest BCUT2D eigenvalue weighted by Gasteiger charge is 2.35. The Labute approximate surface area is 206 Å². The van der Waals surface area contributed by atoms with Crippen LogP contribution in [0.1, 0.15) is 47.6 Å². The highest BCUT2D eigenvalue weighted by molar-refractivity contribution is 5.81. The van der Waals surface area contributed by atoms with Crippen molar-refractivity contribution in [2.45, 2.75) is 38.8 Å². The van der Waals surface area contributed by atoms with Crippen LogP contribution in [0.3, 0.4) is 0 Å². The fourth-order valence-corrected chi connectivity index (χ4v) is 4.66. The molecule has 3 aromatic rings. The summed E-state index contributed by atoms with van der Waals surface area (Å²) >= 11 is 0. The first-order chi connectivity index (χ1) is 16.9. The molecule has 1 heterocycles. The third-order valence-corrected chi connectivity index (χ3v) is 6.71. The number of aryl methyl sites for hydroxylation is 1. The largest absolute Gasteiger partial charge is 0.349 e. The number of likely N-dealkylation sites (tertiary alicyclic amines) is 1. The minimum atomic E-state index is -0.368. The molecule has 0 saturated carbocycles. The molecule has 1 fully saturated rings. The number of rotatable bonds is 6. The van der Waals surface area contributed by atoms with Gasteiger partial charge in [-0.05, 0) is 48.6 Å². The van der Waals surface area contributed by atoms with E-state index in [1.165, 1.54) is 6.07 Å². The summed E-state index contributed by atoms with van der Waals surface area (Å²) in [7, 11) is 0. The number of benzene rings is 3. The molecule has 0 aliphatic carbocycles. The molecule has 35 heavy (non-hydrogen) atoms. The lowest BCUT2D eigenvalue weighted by molar-refractivity contribution is -0.127. The van der Waals surface area contributed by atoms with Gasteiger partial charge in [0.2, 0.25) is 5.91 Å². The van der Waals surface area contributed by atoms with Gasteiger partial charge < -0.3 is 15.5 Å². The molecule has 182 valence electrons. The number of halogens is 1. The SMILES string of the molecule is Cc1cc(C2CC(C(=O)NC(C)c3ccccc3)CN(C(=O)NCc3ccccc3)C2)ccc1F. The van der Waals surface area contributed by atoms with Gasteiger partial charge >= 0.3 is 6.03 Å². The zero-order chi connectivity index (χ0) is 24.8. The van der Waals surface area contributed by atoms with Crippen LogP contribution < -0.4 is 10.6 Å². The van der Waals surface area contributed by atoms with Gasteiger partial charge in [-0.25, -0.2) is 9.18 Å². The maximum Gasteiger partial charge on any atom is 0.317 e. The number of carbonyl (C=O) groups is 2. The Hall–Kier alpha value is -3.67. The normalized spacial score (nSPS) is 18.5. The van der Waals surface area contributed by atoms with Crippen molar-refractivity contribution in [3.05, 3.63) is 107 Å². The van der Waals surface area contributed by atoms with Crippen molar-refractivity contribution in [1.82, 2.24) is 15.5 Å². The summed E-state index contributed by atoms with van der Waals surface area (Å²) in [6.07, 6.45) is 0.598. The monoisotopic (exact) mass is 473 g/mol. The van der Waals surface area contributed by atoms with Crippen molar-refractivity contribution in [3.63, 3.8) is 0 Å². The molecule has 6 heteroatoms. The molecular formula is C29H32FN3O2. The van der Waals surface area contributed by atoms with Gasteiger partial charge in [0.1, 0.15) is 5.82 Å². The summed E-state index contributed by atoms with van der Waals surface area (Å²) in [5.74, 6) is -0.764. The first-order valence-corrected chi connectivity index (χ1v) is 12.1. The number of carbonyl (C=O) groups excluding carboxylic acids is 2. The van der Waals surface area contributed by atoms with Crippen molar-refractivity contribution in [2.75, 3.05) is 13.1 Å². The molecule has 0 spiro atoms. The molecule has 5 nitrogen and oxygen atoms in total. The highest BCUT2D eigenvalue weighted by atomic mass is 19.1. The van der Waals surface area contributed by atoms with E-state index in [-0.39, 0.29) is 35.6 Å². The fourth-order valence-electron chi connectivity index (χ4n) is 4.66. The molecule has 0 radical (unpaired) electrons. The lowest BCUT2D eigenvalue weighted by atomic mass is 9.83. The van der Waals surface area contributed by atoms with Crippen LogP contribution in [-0.4, -0.2) is 29.9 Å². The number of piperidine rings is 1. The molecule has 3 aromatic carbocycles. The molecule has 1 aliphatic heterocycles. The predicted molar refractivity (Wildman–Crippen MR) is 135 cm³/mol. The average molecular weight is 474 g/mol. The second kappa shape index (κ2) is 11.2. The van der Waals surface area contributed by atoms with E-state index in [0.717, 1.165) is 16.7 Å². The molecule has 4 rings (SSSR count). The number of nitrogens with zero attached hydrogens (tertiary/aromatic N) is 1. The first kappa shape index (κ1) is 24.5. The van der Waals surface area contributed by atoms with Crippen molar-refractivity contribution in [2.24, 2.45) is 5.92 Å². The van der Waals surface area contributed by atoms with Gasteiger partial charge in [0.15, 0.2) is 0 Å². The van der Waals surface area contributed by atoms with Gasteiger partial charge in [0.05, 0.1) is 12.0 Å². The molecule has 3 unspecified atom stereocenters. The maximum atomic E-state index is 13.9. The third-order valence-electron chi connectivity index (χ3n) is 6.71. The predicted octanol–water partition coefficient (Wildman–Crippen LogP) is 5.33. The Balaban J connectivity index is 1.50. The second-order valence-corrected chi connectivity index (χ2v) is 9.33.